The minimum atomic E-state index is -0.499. The predicted octanol–water partition coefficient (Wildman–Crippen LogP) is 1.56. The zero-order valence-corrected chi connectivity index (χ0v) is 16.3. The zero-order chi connectivity index (χ0) is 20.7. The number of ether oxygens (including phenoxy) is 1. The molecule has 1 saturated heterocycles. The molecule has 9 nitrogen and oxygen atoms in total. The molecule has 4 N–H and O–H groups in total. The molecule has 2 aromatic heterocycles. The molecular formula is C17H22FN5O4S. The lowest BCUT2D eigenvalue weighted by atomic mass is 10.2. The Balaban J connectivity index is 0.000000878. The maximum atomic E-state index is 14.2. The lowest BCUT2D eigenvalue weighted by molar-refractivity contribution is -0.123. The maximum absolute atomic E-state index is 14.2. The number of hydrogen-bond acceptors (Lipinski definition) is 8. The summed E-state index contributed by atoms with van der Waals surface area (Å²) in [7, 11) is 0. The number of carbonyl (C=O) groups excluding carboxylic acids is 1. The molecule has 0 radical (unpaired) electrons. The summed E-state index contributed by atoms with van der Waals surface area (Å²) >= 11 is 0.756. The van der Waals surface area contributed by atoms with E-state index in [1.165, 1.54) is 0 Å². The number of aromatic nitrogens is 2. The van der Waals surface area contributed by atoms with Gasteiger partial charge in [0.05, 0.1) is 24.4 Å². The zero-order valence-electron chi connectivity index (χ0n) is 15.5. The number of halogens is 1. The topological polar surface area (TPSA) is 131 Å². The minimum Gasteiger partial charge on any atom is -0.483 e. The quantitative estimate of drug-likeness (QED) is 0.646. The van der Waals surface area contributed by atoms with E-state index in [-0.39, 0.29) is 36.1 Å². The summed E-state index contributed by atoms with van der Waals surface area (Å²) in [6, 6.07) is 5.40. The third kappa shape index (κ3) is 5.68. The first-order valence-electron chi connectivity index (χ1n) is 8.49. The molecule has 0 saturated carbocycles. The molecule has 1 fully saturated rings. The van der Waals surface area contributed by atoms with Gasteiger partial charge in [-0.05, 0) is 26.0 Å². The van der Waals surface area contributed by atoms with Gasteiger partial charge >= 0.3 is 0 Å². The highest BCUT2D eigenvalue weighted by Crippen LogP contribution is 2.30. The molecule has 28 heavy (non-hydrogen) atoms. The molecule has 1 amide bonds. The maximum Gasteiger partial charge on any atom is 0.290 e. The van der Waals surface area contributed by atoms with Crippen LogP contribution in [0.1, 0.15) is 13.8 Å². The number of rotatable bonds is 4. The first-order chi connectivity index (χ1) is 13.4. The highest BCUT2D eigenvalue weighted by Gasteiger charge is 2.24. The van der Waals surface area contributed by atoms with E-state index in [1.807, 2.05) is 26.0 Å². The van der Waals surface area contributed by atoms with E-state index in [0.29, 0.717) is 5.69 Å². The second-order valence-corrected chi connectivity index (χ2v) is 6.99. The van der Waals surface area contributed by atoms with Crippen LogP contribution in [0.3, 0.4) is 0 Å². The molecule has 0 aliphatic carbocycles. The van der Waals surface area contributed by atoms with Crippen LogP contribution in [0.2, 0.25) is 0 Å². The number of pyridine rings is 1. The van der Waals surface area contributed by atoms with Crippen molar-refractivity contribution in [2.75, 3.05) is 29.9 Å². The number of thiazole rings is 1. The first-order valence-corrected chi connectivity index (χ1v) is 9.31. The lowest BCUT2D eigenvalue weighted by Gasteiger charge is -2.36. The number of amides is 1. The standard InChI is InChI=1S/C16H20FN5O2S.CH2O2/c1-9-7-22(8-10(2)24-9)12-5-3-4-11(19-12)14-15(17)25-16(21-14)20-13(23)6-18;2-1-3/h3-5,9-10H,6-8,18H2,1-2H3,(H,20,21,23);1H,(H,2,3). The van der Waals surface area contributed by atoms with Crippen molar-refractivity contribution in [3.8, 4) is 11.4 Å². The summed E-state index contributed by atoms with van der Waals surface area (Å²) in [6.45, 7) is 5.03. The van der Waals surface area contributed by atoms with E-state index < -0.39 is 11.0 Å². The third-order valence-corrected chi connectivity index (χ3v) is 4.50. The average molecular weight is 411 g/mol. The van der Waals surface area contributed by atoms with Crippen LogP contribution in [-0.4, -0.2) is 59.3 Å². The monoisotopic (exact) mass is 411 g/mol. The Morgan fingerprint density at radius 3 is 2.68 bits per heavy atom. The first kappa shape index (κ1) is 21.7. The normalized spacial score (nSPS) is 18.8. The summed E-state index contributed by atoms with van der Waals surface area (Å²) in [5.74, 6) is 0.331. The van der Waals surface area contributed by atoms with E-state index in [0.717, 1.165) is 30.2 Å². The second-order valence-electron chi connectivity index (χ2n) is 6.04. The Morgan fingerprint density at radius 2 is 2.07 bits per heavy atom. The van der Waals surface area contributed by atoms with Crippen molar-refractivity contribution >= 4 is 34.7 Å². The molecule has 3 rings (SSSR count). The van der Waals surface area contributed by atoms with Crippen LogP contribution in [0, 0.1) is 5.13 Å². The van der Waals surface area contributed by atoms with E-state index in [1.54, 1.807) is 6.07 Å². The Hall–Kier alpha value is -2.63. The van der Waals surface area contributed by atoms with Crippen molar-refractivity contribution in [3.63, 3.8) is 0 Å². The molecular weight excluding hydrogens is 389 g/mol. The number of hydrogen-bond donors (Lipinski definition) is 3. The fraction of sp³-hybridized carbons (Fsp3) is 0.412. The summed E-state index contributed by atoms with van der Waals surface area (Å²) in [4.78, 5) is 30.5. The van der Waals surface area contributed by atoms with E-state index in [4.69, 9.17) is 20.4 Å². The van der Waals surface area contributed by atoms with Gasteiger partial charge in [-0.1, -0.05) is 17.4 Å². The van der Waals surface area contributed by atoms with Crippen molar-refractivity contribution in [1.82, 2.24) is 9.97 Å². The number of nitrogens with zero attached hydrogens (tertiary/aromatic N) is 3. The smallest absolute Gasteiger partial charge is 0.290 e. The molecule has 2 atom stereocenters. The number of anilines is 2. The van der Waals surface area contributed by atoms with Gasteiger partial charge in [-0.2, -0.15) is 4.39 Å². The van der Waals surface area contributed by atoms with E-state index in [9.17, 15) is 9.18 Å². The van der Waals surface area contributed by atoms with E-state index in [2.05, 4.69) is 20.2 Å². The molecule has 152 valence electrons. The van der Waals surface area contributed by atoms with Gasteiger partial charge in [0.2, 0.25) is 11.0 Å². The van der Waals surface area contributed by atoms with Crippen molar-refractivity contribution < 1.29 is 23.8 Å². The van der Waals surface area contributed by atoms with Crippen molar-refractivity contribution in [2.24, 2.45) is 5.73 Å². The van der Waals surface area contributed by atoms with Crippen LogP contribution in [0.4, 0.5) is 15.3 Å². The summed E-state index contributed by atoms with van der Waals surface area (Å²) in [5, 5.41) is 9.02. The van der Waals surface area contributed by atoms with Gasteiger partial charge in [0.1, 0.15) is 11.5 Å². The summed E-state index contributed by atoms with van der Waals surface area (Å²) in [6.07, 6.45) is 0.201. The number of morpholine rings is 1. The lowest BCUT2D eigenvalue weighted by Crippen LogP contribution is -2.45. The van der Waals surface area contributed by atoms with Crippen molar-refractivity contribution in [3.05, 3.63) is 23.3 Å². The highest BCUT2D eigenvalue weighted by atomic mass is 32.1. The van der Waals surface area contributed by atoms with E-state index >= 15 is 0 Å². The van der Waals surface area contributed by atoms with Crippen LogP contribution in [0.25, 0.3) is 11.4 Å². The predicted molar refractivity (Wildman–Crippen MR) is 104 cm³/mol. The largest absolute Gasteiger partial charge is 0.483 e. The van der Waals surface area contributed by atoms with Crippen LogP contribution in [0.5, 0.6) is 0 Å². The average Bonchev–Trinajstić information content (AvgIpc) is 3.01. The number of nitrogens with two attached hydrogens (primary N) is 1. The van der Waals surface area contributed by atoms with Crippen molar-refractivity contribution in [2.45, 2.75) is 26.1 Å². The number of carboxylic acid groups (broad SMARTS) is 1. The molecule has 3 heterocycles. The fourth-order valence-corrected chi connectivity index (χ4v) is 3.50. The van der Waals surface area contributed by atoms with Gasteiger partial charge in [0.25, 0.3) is 6.47 Å². The van der Waals surface area contributed by atoms with Crippen LogP contribution < -0.4 is 16.0 Å². The summed E-state index contributed by atoms with van der Waals surface area (Å²) in [5.41, 5.74) is 5.79. The molecule has 0 aromatic carbocycles. The Morgan fingerprint density at radius 1 is 1.43 bits per heavy atom. The van der Waals surface area contributed by atoms with Gasteiger partial charge in [-0.3, -0.25) is 9.59 Å². The van der Waals surface area contributed by atoms with Gasteiger partial charge in [0, 0.05) is 13.1 Å². The molecule has 11 heteroatoms. The Bertz CT molecular complexity index is 809. The number of nitrogens with one attached hydrogen (secondary N) is 1. The second kappa shape index (κ2) is 10.1. The molecule has 0 bridgehead atoms. The molecule has 2 unspecified atom stereocenters. The number of carbonyl (C=O) groups is 2. The summed E-state index contributed by atoms with van der Waals surface area (Å²) < 4.78 is 20.0. The van der Waals surface area contributed by atoms with Gasteiger partial charge in [-0.25, -0.2) is 9.97 Å². The molecule has 0 spiro atoms. The highest BCUT2D eigenvalue weighted by molar-refractivity contribution is 7.14. The van der Waals surface area contributed by atoms with Crippen LogP contribution in [0.15, 0.2) is 18.2 Å². The van der Waals surface area contributed by atoms with Gasteiger partial charge in [0.15, 0.2) is 5.13 Å². The van der Waals surface area contributed by atoms with Crippen LogP contribution in [-0.2, 0) is 14.3 Å². The SMILES string of the molecule is CC1CN(c2cccc(-c3nc(NC(=O)CN)sc3F)n2)CC(C)O1.O=CO. The van der Waals surface area contributed by atoms with Crippen molar-refractivity contribution in [1.29, 1.82) is 0 Å². The third-order valence-electron chi connectivity index (χ3n) is 3.74. The van der Waals surface area contributed by atoms with Gasteiger partial charge < -0.3 is 25.8 Å². The Labute approximate surface area is 165 Å². The molecule has 2 aromatic rings. The fourth-order valence-electron chi connectivity index (χ4n) is 2.78. The van der Waals surface area contributed by atoms with Crippen LogP contribution >= 0.6 is 11.3 Å². The van der Waals surface area contributed by atoms with Gasteiger partial charge in [-0.15, -0.1) is 0 Å². The minimum absolute atomic E-state index is 0.100. The Kier molecular flexibility index (Phi) is 7.79. The molecule has 1 aliphatic heterocycles. The molecule has 1 aliphatic rings.